The largest absolute Gasteiger partial charge is 0.493 e. The number of aromatic nitrogens is 3. The number of carboxylic acids is 1. The summed E-state index contributed by atoms with van der Waals surface area (Å²) in [6.45, 7) is 2.27. The molecule has 0 amide bonds. The number of hydrogen-bond acceptors (Lipinski definition) is 7. The molecule has 50 heavy (non-hydrogen) atoms. The zero-order valence-corrected chi connectivity index (χ0v) is 27.5. The van der Waals surface area contributed by atoms with E-state index >= 15 is 0 Å². The van der Waals surface area contributed by atoms with E-state index in [0.29, 0.717) is 32.1 Å². The van der Waals surface area contributed by atoms with Gasteiger partial charge in [-0.1, -0.05) is 60.7 Å². The molecule has 4 bridgehead atoms. The predicted octanol–water partition coefficient (Wildman–Crippen LogP) is 7.24. The molecule has 0 aliphatic carbocycles. The summed E-state index contributed by atoms with van der Waals surface area (Å²) in [4.78, 5) is 21.6. The van der Waals surface area contributed by atoms with Crippen molar-refractivity contribution in [2.45, 2.75) is 51.5 Å². The summed E-state index contributed by atoms with van der Waals surface area (Å²) in [5.74, 6) is 1.17. The van der Waals surface area contributed by atoms with Gasteiger partial charge in [-0.05, 0) is 77.4 Å². The number of nitrogens with zero attached hydrogens (tertiary/aromatic N) is 3. The van der Waals surface area contributed by atoms with Crippen LogP contribution in [0.25, 0.3) is 33.4 Å². The minimum atomic E-state index is -0.967. The quantitative estimate of drug-likeness (QED) is 0.183. The fourth-order valence-corrected chi connectivity index (χ4v) is 6.68. The van der Waals surface area contributed by atoms with Gasteiger partial charge in [-0.15, -0.1) is 0 Å². The molecule has 2 aliphatic heterocycles. The lowest BCUT2D eigenvalue weighted by Crippen LogP contribution is -2.31. The highest BCUT2D eigenvalue weighted by molar-refractivity contribution is 5.92. The Labute approximate surface area is 289 Å². The highest BCUT2D eigenvalue weighted by Gasteiger charge is 2.23. The van der Waals surface area contributed by atoms with Crippen molar-refractivity contribution in [2.24, 2.45) is 0 Å². The van der Waals surface area contributed by atoms with Gasteiger partial charge in [-0.3, -0.25) is 0 Å². The maximum atomic E-state index is 11.8. The monoisotopic (exact) mass is 667 g/mol. The van der Waals surface area contributed by atoms with Crippen molar-refractivity contribution >= 4 is 17.0 Å². The van der Waals surface area contributed by atoms with E-state index in [1.54, 1.807) is 18.2 Å². The summed E-state index contributed by atoms with van der Waals surface area (Å²) < 4.78 is 20.7. The molecule has 2 aromatic heterocycles. The SMILES string of the molecule is O=C(O)c1ccc2nc(Cc3ccc4cc3OCCCc3cc(-c5ccc(CO)cc5)ccc3COc3cccc-4n3)n(C[C@@H]3CCO3)c2c1. The van der Waals surface area contributed by atoms with Gasteiger partial charge in [0.2, 0.25) is 5.88 Å². The topological polar surface area (TPSA) is 116 Å². The van der Waals surface area contributed by atoms with Gasteiger partial charge in [0.1, 0.15) is 18.2 Å². The molecule has 252 valence electrons. The second kappa shape index (κ2) is 13.8. The Morgan fingerprint density at radius 2 is 1.68 bits per heavy atom. The molecule has 1 fully saturated rings. The van der Waals surface area contributed by atoms with E-state index < -0.39 is 5.97 Å². The van der Waals surface area contributed by atoms with Crippen LogP contribution >= 0.6 is 0 Å². The van der Waals surface area contributed by atoms with Gasteiger partial charge in [0.05, 0.1) is 48.2 Å². The summed E-state index contributed by atoms with van der Waals surface area (Å²) in [7, 11) is 0. The van der Waals surface area contributed by atoms with Gasteiger partial charge in [0.25, 0.3) is 0 Å². The van der Waals surface area contributed by atoms with Crippen LogP contribution in [0.1, 0.15) is 51.3 Å². The first kappa shape index (κ1) is 31.7. The zero-order valence-electron chi connectivity index (χ0n) is 27.5. The van der Waals surface area contributed by atoms with Gasteiger partial charge in [0.15, 0.2) is 0 Å². The van der Waals surface area contributed by atoms with Crippen LogP contribution in [0.15, 0.2) is 97.1 Å². The first-order valence-electron chi connectivity index (χ1n) is 17.0. The van der Waals surface area contributed by atoms with E-state index in [0.717, 1.165) is 87.6 Å². The van der Waals surface area contributed by atoms with E-state index in [1.165, 1.54) is 5.56 Å². The van der Waals surface area contributed by atoms with Crippen molar-refractivity contribution in [3.63, 3.8) is 0 Å². The molecule has 2 N–H and O–H groups in total. The maximum Gasteiger partial charge on any atom is 0.335 e. The lowest BCUT2D eigenvalue weighted by atomic mass is 9.96. The highest BCUT2D eigenvalue weighted by atomic mass is 16.5. The smallest absolute Gasteiger partial charge is 0.335 e. The Morgan fingerprint density at radius 1 is 0.840 bits per heavy atom. The highest BCUT2D eigenvalue weighted by Crippen LogP contribution is 2.32. The van der Waals surface area contributed by atoms with Gasteiger partial charge < -0.3 is 29.0 Å². The number of ether oxygens (including phenoxy) is 3. The lowest BCUT2D eigenvalue weighted by Gasteiger charge is -2.27. The fraction of sp³-hybridized carbons (Fsp3) is 0.244. The molecule has 0 unspecified atom stereocenters. The van der Waals surface area contributed by atoms with Crippen molar-refractivity contribution in [3.8, 4) is 34.0 Å². The average Bonchev–Trinajstić information content (AvgIpc) is 3.47. The molecular formula is C41H37N3O6. The lowest BCUT2D eigenvalue weighted by molar-refractivity contribution is -0.0589. The van der Waals surface area contributed by atoms with Crippen molar-refractivity contribution in [1.82, 2.24) is 14.5 Å². The molecule has 0 radical (unpaired) electrons. The van der Waals surface area contributed by atoms with Crippen LogP contribution in [-0.4, -0.2) is 50.0 Å². The third-order valence-electron chi connectivity index (χ3n) is 9.59. The Bertz CT molecular complexity index is 2190. The number of benzene rings is 4. The molecule has 1 atom stereocenters. The average molecular weight is 668 g/mol. The number of rotatable bonds is 7. The Morgan fingerprint density at radius 3 is 2.48 bits per heavy atom. The number of pyridine rings is 1. The fourth-order valence-electron chi connectivity index (χ4n) is 6.68. The van der Waals surface area contributed by atoms with E-state index in [2.05, 4.69) is 34.9 Å². The minimum Gasteiger partial charge on any atom is -0.493 e. The Kier molecular flexibility index (Phi) is 8.75. The van der Waals surface area contributed by atoms with Crippen LogP contribution in [0.2, 0.25) is 0 Å². The van der Waals surface area contributed by atoms with Gasteiger partial charge >= 0.3 is 5.97 Å². The summed E-state index contributed by atoms with van der Waals surface area (Å²) in [5, 5.41) is 19.2. The number of aliphatic hydroxyl groups is 1. The Balaban J connectivity index is 1.12. The molecule has 0 saturated carbocycles. The number of aryl methyl sites for hydroxylation is 1. The van der Waals surface area contributed by atoms with Gasteiger partial charge in [-0.2, -0.15) is 0 Å². The first-order chi connectivity index (χ1) is 24.5. The number of hydrogen-bond donors (Lipinski definition) is 2. The minimum absolute atomic E-state index is 0.0186. The van der Waals surface area contributed by atoms with Crippen LogP contribution in [0.4, 0.5) is 0 Å². The molecule has 8 rings (SSSR count). The first-order valence-corrected chi connectivity index (χ1v) is 17.0. The molecule has 9 heteroatoms. The third-order valence-corrected chi connectivity index (χ3v) is 9.59. The molecule has 0 spiro atoms. The normalized spacial score (nSPS) is 15.7. The predicted molar refractivity (Wildman–Crippen MR) is 189 cm³/mol. The van der Waals surface area contributed by atoms with Crippen LogP contribution < -0.4 is 9.47 Å². The van der Waals surface area contributed by atoms with Crippen molar-refractivity contribution in [2.75, 3.05) is 13.2 Å². The van der Waals surface area contributed by atoms with Crippen LogP contribution in [-0.2, 0) is 37.3 Å². The number of aromatic carboxylic acids is 1. The molecule has 6 aromatic rings. The molecule has 9 nitrogen and oxygen atoms in total. The van der Waals surface area contributed by atoms with E-state index in [9.17, 15) is 15.0 Å². The number of imidazole rings is 1. The van der Waals surface area contributed by atoms with E-state index in [4.69, 9.17) is 24.2 Å². The van der Waals surface area contributed by atoms with Crippen molar-refractivity contribution < 1.29 is 29.2 Å². The summed E-state index contributed by atoms with van der Waals surface area (Å²) >= 11 is 0. The zero-order chi connectivity index (χ0) is 34.0. The standard InChI is InChI=1S/C41H37N3O6/c45-24-26-6-8-27(9-7-26)29-10-13-33-25-50-40-5-1-4-35(43-40)30-11-12-31(38(21-30)49-17-2-3-28(33)19-29)22-39-42-36-15-14-32(41(46)47)20-37(36)44(39)23-34-16-18-48-34/h1,4-15,19-21,34,45H,2-3,16-18,22-25H2,(H,46,47)/t34-/m0/s1. The second-order valence-electron chi connectivity index (χ2n) is 12.9. The summed E-state index contributed by atoms with van der Waals surface area (Å²) in [6, 6.07) is 31.5. The number of carbonyl (C=O) groups is 1. The molecule has 4 aromatic carbocycles. The van der Waals surface area contributed by atoms with E-state index in [-0.39, 0.29) is 18.3 Å². The summed E-state index contributed by atoms with van der Waals surface area (Å²) in [5.41, 5.74) is 9.82. The number of fused-ring (bicyclic) bond motifs is 7. The van der Waals surface area contributed by atoms with Crippen LogP contribution in [0.3, 0.4) is 0 Å². The third kappa shape index (κ3) is 6.57. The Hall–Kier alpha value is -5.51. The van der Waals surface area contributed by atoms with Crippen LogP contribution in [0, 0.1) is 0 Å². The molecular weight excluding hydrogens is 630 g/mol. The maximum absolute atomic E-state index is 11.8. The van der Waals surface area contributed by atoms with Crippen molar-refractivity contribution in [1.29, 1.82) is 0 Å². The van der Waals surface area contributed by atoms with Crippen molar-refractivity contribution in [3.05, 3.63) is 131 Å². The molecule has 4 heterocycles. The molecule has 1 saturated heterocycles. The van der Waals surface area contributed by atoms with Crippen LogP contribution in [0.5, 0.6) is 11.6 Å². The van der Waals surface area contributed by atoms with Gasteiger partial charge in [0, 0.05) is 30.2 Å². The number of aliphatic hydroxyl groups excluding tert-OH is 1. The van der Waals surface area contributed by atoms with E-state index in [1.807, 2.05) is 48.5 Å². The van der Waals surface area contributed by atoms with Gasteiger partial charge in [-0.25, -0.2) is 14.8 Å². The second-order valence-corrected chi connectivity index (χ2v) is 12.9. The molecule has 2 aliphatic rings. The number of carboxylic acid groups (broad SMARTS) is 1. The summed E-state index contributed by atoms with van der Waals surface area (Å²) in [6.07, 6.45) is 3.12.